The summed E-state index contributed by atoms with van der Waals surface area (Å²) < 4.78 is 5.99. The molecule has 2 aromatic heterocycles. The van der Waals surface area contributed by atoms with Crippen molar-refractivity contribution >= 4 is 29.7 Å². The number of nitrogens with zero attached hydrogens (tertiary/aromatic N) is 6. The zero-order valence-corrected chi connectivity index (χ0v) is 17.7. The van der Waals surface area contributed by atoms with E-state index in [1.54, 1.807) is 12.1 Å². The molecule has 4 N–H and O–H groups in total. The van der Waals surface area contributed by atoms with Gasteiger partial charge in [-0.1, -0.05) is 22.9 Å². The van der Waals surface area contributed by atoms with Gasteiger partial charge in [-0.05, 0) is 59.2 Å². The molecule has 32 heavy (non-hydrogen) atoms. The molecule has 4 rings (SSSR count). The number of aromatic hydroxyl groups is 1. The summed E-state index contributed by atoms with van der Waals surface area (Å²) >= 11 is 1.50. The van der Waals surface area contributed by atoms with Crippen LogP contribution in [0, 0.1) is 6.92 Å². The van der Waals surface area contributed by atoms with E-state index in [1.165, 1.54) is 34.8 Å². The number of phenols is 1. The van der Waals surface area contributed by atoms with Crippen LogP contribution in [-0.4, -0.2) is 42.5 Å². The number of hydrogen-bond acceptors (Lipinski definition) is 10. The number of rotatable bonds is 7. The summed E-state index contributed by atoms with van der Waals surface area (Å²) in [4.78, 5) is 13.8. The van der Waals surface area contributed by atoms with E-state index < -0.39 is 5.91 Å². The molecule has 2 aromatic carbocycles. The standard InChI is InChI=1S/C20H18N8O3S/c1-12-2-8-15(9-3-12)32-11-16-17(23-27-28(16)19-18(21)25-31-26-19)20(30)24-22-10-13-4-6-14(29)7-5-13/h2-10,29H,11H2,1H3,(H2,21,25)(H,24,30)/b22-10-. The van der Waals surface area contributed by atoms with Crippen molar-refractivity contribution < 1.29 is 14.5 Å². The number of nitrogens with two attached hydrogens (primary N) is 1. The lowest BCUT2D eigenvalue weighted by Gasteiger charge is -2.06. The number of carbonyl (C=O) groups is 1. The third-order valence-corrected chi connectivity index (χ3v) is 5.37. The first kappa shape index (κ1) is 21.1. The van der Waals surface area contributed by atoms with Gasteiger partial charge in [0.05, 0.1) is 11.9 Å². The molecular formula is C20H18N8O3S. The van der Waals surface area contributed by atoms with Crippen molar-refractivity contribution in [2.24, 2.45) is 5.10 Å². The number of benzene rings is 2. The Bertz CT molecular complexity index is 1250. The maximum atomic E-state index is 12.8. The van der Waals surface area contributed by atoms with Crippen molar-refractivity contribution in [1.29, 1.82) is 0 Å². The number of hydrogen-bond donors (Lipinski definition) is 3. The molecule has 0 spiro atoms. The Morgan fingerprint density at radius 1 is 1.22 bits per heavy atom. The van der Waals surface area contributed by atoms with Crippen LogP contribution < -0.4 is 11.2 Å². The molecular weight excluding hydrogens is 432 g/mol. The van der Waals surface area contributed by atoms with Gasteiger partial charge in [-0.3, -0.25) is 4.79 Å². The fraction of sp³-hybridized carbons (Fsp3) is 0.100. The maximum Gasteiger partial charge on any atom is 0.293 e. The molecule has 0 aliphatic heterocycles. The second kappa shape index (κ2) is 9.31. The average Bonchev–Trinajstić information content (AvgIpc) is 3.40. The van der Waals surface area contributed by atoms with Crippen molar-refractivity contribution in [2.75, 3.05) is 5.73 Å². The van der Waals surface area contributed by atoms with Gasteiger partial charge in [0.15, 0.2) is 5.69 Å². The van der Waals surface area contributed by atoms with Gasteiger partial charge in [0.25, 0.3) is 5.91 Å². The van der Waals surface area contributed by atoms with Crippen LogP contribution in [0.1, 0.15) is 27.3 Å². The molecule has 0 aliphatic rings. The highest BCUT2D eigenvalue weighted by Gasteiger charge is 2.24. The zero-order valence-electron chi connectivity index (χ0n) is 16.8. The first-order chi connectivity index (χ1) is 15.5. The minimum Gasteiger partial charge on any atom is -0.508 e. The van der Waals surface area contributed by atoms with Crippen LogP contribution in [0.3, 0.4) is 0 Å². The van der Waals surface area contributed by atoms with Gasteiger partial charge in [0.1, 0.15) is 5.75 Å². The molecule has 0 atom stereocenters. The number of aromatic nitrogens is 5. The third-order valence-electron chi connectivity index (χ3n) is 4.34. The van der Waals surface area contributed by atoms with E-state index in [4.69, 9.17) is 5.73 Å². The van der Waals surface area contributed by atoms with Crippen LogP contribution in [0.5, 0.6) is 5.75 Å². The lowest BCUT2D eigenvalue weighted by Crippen LogP contribution is -2.20. The fourth-order valence-corrected chi connectivity index (χ4v) is 3.57. The van der Waals surface area contributed by atoms with Crippen LogP contribution in [-0.2, 0) is 5.75 Å². The summed E-state index contributed by atoms with van der Waals surface area (Å²) in [5, 5.41) is 28.6. The van der Waals surface area contributed by atoms with E-state index in [0.717, 1.165) is 10.5 Å². The van der Waals surface area contributed by atoms with Crippen molar-refractivity contribution in [2.45, 2.75) is 17.6 Å². The highest BCUT2D eigenvalue weighted by atomic mass is 32.2. The number of anilines is 1. The molecule has 12 heteroatoms. The minimum absolute atomic E-state index is 0.0220. The number of phenolic OH excluding ortho intramolecular Hbond substituents is 1. The van der Waals surface area contributed by atoms with Crippen molar-refractivity contribution in [1.82, 2.24) is 30.7 Å². The van der Waals surface area contributed by atoms with Crippen molar-refractivity contribution in [3.8, 4) is 11.6 Å². The molecule has 11 nitrogen and oxygen atoms in total. The predicted octanol–water partition coefficient (Wildman–Crippen LogP) is 2.30. The Morgan fingerprint density at radius 2 is 1.97 bits per heavy atom. The van der Waals surface area contributed by atoms with Crippen molar-refractivity contribution in [3.05, 3.63) is 71.0 Å². The summed E-state index contributed by atoms with van der Waals surface area (Å²) in [6, 6.07) is 14.3. The number of hydrazone groups is 1. The van der Waals surface area contributed by atoms with Crippen LogP contribution in [0.15, 0.2) is 63.2 Å². The van der Waals surface area contributed by atoms with Gasteiger partial charge in [-0.25, -0.2) is 10.1 Å². The predicted molar refractivity (Wildman–Crippen MR) is 118 cm³/mol. The summed E-state index contributed by atoms with van der Waals surface area (Å²) in [6.45, 7) is 2.01. The van der Waals surface area contributed by atoms with Crippen LogP contribution in [0.2, 0.25) is 0 Å². The Hall–Kier alpha value is -4.19. The van der Waals surface area contributed by atoms with Gasteiger partial charge in [0.2, 0.25) is 11.6 Å². The lowest BCUT2D eigenvalue weighted by molar-refractivity contribution is 0.0949. The molecule has 0 saturated heterocycles. The van der Waals surface area contributed by atoms with Gasteiger partial charge in [0, 0.05) is 10.6 Å². The molecule has 4 aromatic rings. The molecule has 162 valence electrons. The largest absolute Gasteiger partial charge is 0.508 e. The quantitative estimate of drug-likeness (QED) is 0.218. The summed E-state index contributed by atoms with van der Waals surface area (Å²) in [7, 11) is 0. The van der Waals surface area contributed by atoms with Crippen LogP contribution in [0.25, 0.3) is 5.82 Å². The Morgan fingerprint density at radius 3 is 2.66 bits per heavy atom. The molecule has 0 saturated carbocycles. The van der Waals surface area contributed by atoms with Crippen LogP contribution in [0.4, 0.5) is 5.82 Å². The number of aryl methyl sites for hydroxylation is 1. The number of nitrogens with one attached hydrogen (secondary N) is 1. The van der Waals surface area contributed by atoms with E-state index in [9.17, 15) is 9.90 Å². The fourth-order valence-electron chi connectivity index (χ4n) is 2.68. The van der Waals surface area contributed by atoms with Gasteiger partial charge in [-0.15, -0.1) is 16.9 Å². The molecule has 0 unspecified atom stereocenters. The molecule has 1 amide bonds. The highest BCUT2D eigenvalue weighted by Crippen LogP contribution is 2.26. The van der Waals surface area contributed by atoms with Gasteiger partial charge >= 0.3 is 0 Å². The molecule has 0 bridgehead atoms. The second-order valence-corrected chi connectivity index (χ2v) is 7.71. The van der Waals surface area contributed by atoms with E-state index in [0.29, 0.717) is 17.0 Å². The zero-order chi connectivity index (χ0) is 22.5. The highest BCUT2D eigenvalue weighted by molar-refractivity contribution is 7.98. The minimum atomic E-state index is -0.555. The van der Waals surface area contributed by atoms with E-state index in [1.807, 2.05) is 31.2 Å². The summed E-state index contributed by atoms with van der Waals surface area (Å²) in [5.41, 5.74) is 10.6. The lowest BCUT2D eigenvalue weighted by atomic mass is 10.2. The Kier molecular flexibility index (Phi) is 6.12. The van der Waals surface area contributed by atoms with Gasteiger partial charge in [-0.2, -0.15) is 9.78 Å². The number of amides is 1. The van der Waals surface area contributed by atoms with E-state index in [-0.39, 0.29) is 23.1 Å². The second-order valence-electron chi connectivity index (χ2n) is 6.66. The SMILES string of the molecule is Cc1ccc(SCc2c(C(=O)N/N=C\c3ccc(O)cc3)nnn2-c2nonc2N)cc1. The Balaban J connectivity index is 1.56. The third kappa shape index (κ3) is 4.75. The first-order valence-electron chi connectivity index (χ1n) is 9.36. The van der Waals surface area contributed by atoms with Crippen LogP contribution >= 0.6 is 11.8 Å². The molecule has 0 fully saturated rings. The Labute approximate surface area is 186 Å². The summed E-state index contributed by atoms with van der Waals surface area (Å²) in [6.07, 6.45) is 1.45. The topological polar surface area (TPSA) is 157 Å². The first-order valence-corrected chi connectivity index (χ1v) is 10.3. The normalized spacial score (nSPS) is 11.2. The summed E-state index contributed by atoms with van der Waals surface area (Å²) in [5.74, 6) is 0.102. The molecule has 0 aliphatic carbocycles. The molecule has 0 radical (unpaired) electrons. The smallest absolute Gasteiger partial charge is 0.293 e. The average molecular weight is 450 g/mol. The number of carbonyl (C=O) groups excluding carboxylic acids is 1. The monoisotopic (exact) mass is 450 g/mol. The maximum absolute atomic E-state index is 12.8. The number of nitrogen functional groups attached to an aromatic ring is 1. The molecule has 2 heterocycles. The van der Waals surface area contributed by atoms with E-state index in [2.05, 4.69) is 35.8 Å². The van der Waals surface area contributed by atoms with Gasteiger partial charge < -0.3 is 10.8 Å². The van der Waals surface area contributed by atoms with E-state index >= 15 is 0 Å². The van der Waals surface area contributed by atoms with Crippen molar-refractivity contribution in [3.63, 3.8) is 0 Å². The number of thioether (sulfide) groups is 1.